The number of hydrogen-bond donors (Lipinski definition) is 1. The van der Waals surface area contributed by atoms with Crippen LogP contribution < -0.4 is 5.32 Å². The normalized spacial score (nSPS) is 28.4. The van der Waals surface area contributed by atoms with E-state index in [1.165, 1.54) is 16.7 Å². The number of carbonyl (C=O) groups excluding carboxylic acids is 1. The van der Waals surface area contributed by atoms with Gasteiger partial charge in [0.2, 0.25) is 5.91 Å². The van der Waals surface area contributed by atoms with Crippen LogP contribution in [-0.2, 0) is 18.1 Å². The van der Waals surface area contributed by atoms with Crippen molar-refractivity contribution in [1.29, 1.82) is 0 Å². The number of amides is 1. The van der Waals surface area contributed by atoms with Gasteiger partial charge in [-0.3, -0.25) is 4.79 Å². The first-order valence-electron chi connectivity index (χ1n) is 20.4. The number of nitrogens with one attached hydrogen (secondary N) is 1. The molecule has 0 saturated heterocycles. The Kier molecular flexibility index (Phi) is 14.4. The Hall–Kier alpha value is -1.25. The van der Waals surface area contributed by atoms with Crippen molar-refractivity contribution in [3.8, 4) is 0 Å². The molecule has 4 unspecified atom stereocenters. The van der Waals surface area contributed by atoms with Crippen LogP contribution in [0.5, 0.6) is 0 Å². The van der Waals surface area contributed by atoms with Gasteiger partial charge in [-0.15, -0.1) is 0 Å². The van der Waals surface area contributed by atoms with E-state index in [-0.39, 0.29) is 33.6 Å². The Morgan fingerprint density at radius 3 is 2.09 bits per heavy atom. The van der Waals surface area contributed by atoms with Gasteiger partial charge in [-0.25, -0.2) is 0 Å². The lowest BCUT2D eigenvalue weighted by molar-refractivity contribution is -0.246. The lowest BCUT2D eigenvalue weighted by Gasteiger charge is -2.49. The van der Waals surface area contributed by atoms with Crippen LogP contribution in [0.3, 0.4) is 0 Å². The van der Waals surface area contributed by atoms with E-state index >= 15 is 0 Å². The van der Waals surface area contributed by atoms with E-state index in [0.29, 0.717) is 12.5 Å². The van der Waals surface area contributed by atoms with Crippen molar-refractivity contribution >= 4 is 30.9 Å². The van der Waals surface area contributed by atoms with Crippen LogP contribution in [0.2, 0.25) is 55.9 Å². The molecule has 0 radical (unpaired) electrons. The molecule has 0 spiro atoms. The molecule has 54 heavy (non-hydrogen) atoms. The number of rotatable bonds is 12. The van der Waals surface area contributed by atoms with Crippen LogP contribution in [0.4, 0.5) is 13.2 Å². The fourth-order valence-corrected chi connectivity index (χ4v) is 12.5. The van der Waals surface area contributed by atoms with Crippen molar-refractivity contribution < 1.29 is 31.2 Å². The van der Waals surface area contributed by atoms with E-state index in [1.54, 1.807) is 19.6 Å². The molecule has 310 valence electrons. The highest BCUT2D eigenvalue weighted by Gasteiger charge is 2.55. The van der Waals surface area contributed by atoms with E-state index in [4.69, 9.17) is 13.3 Å². The Balaban J connectivity index is 1.86. The highest BCUT2D eigenvalue weighted by Crippen LogP contribution is 2.55. The molecule has 6 atom stereocenters. The van der Waals surface area contributed by atoms with Gasteiger partial charge in [0.1, 0.15) is 0 Å². The molecule has 11 heteroatoms. The van der Waals surface area contributed by atoms with Gasteiger partial charge in [-0.1, -0.05) is 91.3 Å². The van der Waals surface area contributed by atoms with Crippen LogP contribution in [0, 0.1) is 17.3 Å². The maximum atomic E-state index is 14.1. The number of alkyl halides is 3. The lowest BCUT2D eigenvalue weighted by Crippen LogP contribution is -2.53. The van der Waals surface area contributed by atoms with Gasteiger partial charge in [-0.05, 0) is 130 Å². The van der Waals surface area contributed by atoms with E-state index in [9.17, 15) is 18.0 Å². The third-order valence-corrected chi connectivity index (χ3v) is 23.4. The summed E-state index contributed by atoms with van der Waals surface area (Å²) in [6.07, 6.45) is 8.41. The molecule has 0 bridgehead atoms. The van der Waals surface area contributed by atoms with Crippen LogP contribution in [0.25, 0.3) is 0 Å². The van der Waals surface area contributed by atoms with Crippen molar-refractivity contribution in [2.75, 3.05) is 6.54 Å². The molecule has 0 aromatic carbocycles. The molecule has 0 aromatic heterocycles. The Bertz CT molecular complexity index is 1460. The van der Waals surface area contributed by atoms with Crippen molar-refractivity contribution in [1.82, 2.24) is 5.32 Å². The standard InChI is InChI=1S/C43H76F3NO4Si3/c1-30(29-47-38(48)28-42(10,43(44,45)46)51-52(11,12)13)35-21-18-22-36-32(20-19-25-41(35,36)9)23-24-33-26-34(49-53(14,15)39(3,4)5)27-37(31(33)2)50-54(16,17)40(6,7)8/h21,23-24,30,34,36-37H,2,18-20,22,25-29H2,1,3-17H3,(H,47,48)/t30?,34?,36-,37?,41+,42?/m0/s1. The average Bonchev–Trinajstić information content (AvgIpc) is 2.97. The van der Waals surface area contributed by atoms with Gasteiger partial charge in [-0.2, -0.15) is 13.2 Å². The van der Waals surface area contributed by atoms with Gasteiger partial charge in [0.05, 0.1) is 18.6 Å². The molecule has 1 amide bonds. The molecule has 3 aliphatic rings. The van der Waals surface area contributed by atoms with Crippen LogP contribution in [0.15, 0.2) is 47.1 Å². The second-order valence-corrected chi connectivity index (χ2v) is 35.1. The number of halogens is 3. The largest absolute Gasteiger partial charge is 0.416 e. The van der Waals surface area contributed by atoms with E-state index in [0.717, 1.165) is 57.4 Å². The summed E-state index contributed by atoms with van der Waals surface area (Å²) < 4.78 is 62.0. The summed E-state index contributed by atoms with van der Waals surface area (Å²) in [5.74, 6) is -0.280. The summed E-state index contributed by atoms with van der Waals surface area (Å²) in [6, 6.07) is 0. The number of hydrogen-bond acceptors (Lipinski definition) is 4. The second-order valence-electron chi connectivity index (χ2n) is 21.2. The van der Waals surface area contributed by atoms with Crippen molar-refractivity contribution in [3.05, 3.63) is 47.1 Å². The smallest absolute Gasteiger partial charge is 0.413 e. The summed E-state index contributed by atoms with van der Waals surface area (Å²) in [7, 11) is -6.67. The maximum Gasteiger partial charge on any atom is 0.416 e. The Morgan fingerprint density at radius 1 is 0.981 bits per heavy atom. The minimum Gasteiger partial charge on any atom is -0.413 e. The molecule has 1 N–H and O–H groups in total. The first kappa shape index (κ1) is 47.1. The summed E-state index contributed by atoms with van der Waals surface area (Å²) >= 11 is 0. The van der Waals surface area contributed by atoms with Crippen molar-refractivity contribution in [2.24, 2.45) is 17.3 Å². The van der Waals surface area contributed by atoms with E-state index < -0.39 is 49.1 Å². The van der Waals surface area contributed by atoms with Crippen LogP contribution >= 0.6 is 0 Å². The monoisotopic (exact) mass is 812 g/mol. The first-order valence-corrected chi connectivity index (χ1v) is 29.6. The predicted molar refractivity (Wildman–Crippen MR) is 227 cm³/mol. The molecule has 3 rings (SSSR count). The van der Waals surface area contributed by atoms with Crippen molar-refractivity contribution in [2.45, 2.75) is 194 Å². The zero-order valence-electron chi connectivity index (χ0n) is 36.9. The first-order chi connectivity index (χ1) is 24.2. The third kappa shape index (κ3) is 11.2. The molecule has 0 aromatic rings. The summed E-state index contributed by atoms with van der Waals surface area (Å²) in [6.45, 7) is 38.5. The summed E-state index contributed by atoms with van der Waals surface area (Å²) in [5.41, 5.74) is 2.46. The predicted octanol–water partition coefficient (Wildman–Crippen LogP) is 12.8. The second kappa shape index (κ2) is 16.5. The van der Waals surface area contributed by atoms with Crippen molar-refractivity contribution in [3.63, 3.8) is 0 Å². The minimum atomic E-state index is -4.65. The highest BCUT2D eigenvalue weighted by atomic mass is 28.4. The van der Waals surface area contributed by atoms with Gasteiger partial charge < -0.3 is 18.6 Å². The van der Waals surface area contributed by atoms with Gasteiger partial charge in [0.15, 0.2) is 30.6 Å². The van der Waals surface area contributed by atoms with Gasteiger partial charge in [0, 0.05) is 13.0 Å². The van der Waals surface area contributed by atoms with E-state index in [2.05, 4.69) is 112 Å². The molecular weight excluding hydrogens is 736 g/mol. The topological polar surface area (TPSA) is 56.8 Å². The SMILES string of the molecule is C=C1C(=CC=C2CCC[C@]3(C)C(C(C)CNC(=O)CC(C)(O[Si](C)(C)C)C(F)(F)F)=CCC[C@@H]23)CC(O[Si](C)(C)C(C)(C)C)CC1O[Si](C)(C)C(C)(C)C. The van der Waals surface area contributed by atoms with Gasteiger partial charge >= 0.3 is 6.18 Å². The van der Waals surface area contributed by atoms with Crippen LogP contribution in [-0.4, -0.2) is 61.4 Å². The third-order valence-electron chi connectivity index (χ3n) is 13.4. The summed E-state index contributed by atoms with van der Waals surface area (Å²) in [5, 5.41) is 3.04. The number of carbonyl (C=O) groups is 1. The molecular formula is C43H76F3NO4Si3. The number of fused-ring (bicyclic) bond motifs is 1. The molecule has 2 fully saturated rings. The van der Waals surface area contributed by atoms with E-state index in [1.807, 2.05) is 0 Å². The average molecular weight is 812 g/mol. The zero-order valence-corrected chi connectivity index (χ0v) is 39.9. The quantitative estimate of drug-likeness (QED) is 0.158. The lowest BCUT2D eigenvalue weighted by atomic mass is 9.56. The van der Waals surface area contributed by atoms with Crippen LogP contribution in [0.1, 0.15) is 114 Å². The molecule has 2 saturated carbocycles. The fraction of sp³-hybridized carbons (Fsp3) is 0.791. The molecule has 0 aliphatic heterocycles. The maximum absolute atomic E-state index is 14.1. The highest BCUT2D eigenvalue weighted by molar-refractivity contribution is 6.74. The molecule has 5 nitrogen and oxygen atoms in total. The number of allylic oxidation sites excluding steroid dienone is 4. The Labute approximate surface area is 330 Å². The fourth-order valence-electron chi connectivity index (χ4n) is 8.25. The minimum absolute atomic E-state index is 0.00545. The zero-order chi connectivity index (χ0) is 41.5. The Morgan fingerprint density at radius 2 is 1.56 bits per heavy atom. The van der Waals surface area contributed by atoms with Gasteiger partial charge in [0.25, 0.3) is 0 Å². The molecule has 0 heterocycles. The summed E-state index contributed by atoms with van der Waals surface area (Å²) in [4.78, 5) is 13.0. The molecule has 3 aliphatic carbocycles.